The van der Waals surface area contributed by atoms with E-state index in [-0.39, 0.29) is 0 Å². The zero-order chi connectivity index (χ0) is 14.5. The summed E-state index contributed by atoms with van der Waals surface area (Å²) in [5.41, 5.74) is 1.35. The van der Waals surface area contributed by atoms with Crippen LogP contribution in [-0.2, 0) is 6.42 Å². The Bertz CT molecular complexity index is 548. The van der Waals surface area contributed by atoms with Crippen molar-refractivity contribution in [2.24, 2.45) is 0 Å². The van der Waals surface area contributed by atoms with Gasteiger partial charge in [-0.25, -0.2) is 0 Å². The molecule has 1 aromatic carbocycles. The summed E-state index contributed by atoms with van der Waals surface area (Å²) in [6, 6.07) is 11.4. The average molecular weight is 301 g/mol. The molecule has 0 amide bonds. The monoisotopic (exact) mass is 301 g/mol. The molecule has 1 aliphatic carbocycles. The van der Waals surface area contributed by atoms with Gasteiger partial charge in [-0.3, -0.25) is 0 Å². The molecular weight excluding hydrogens is 278 g/mol. The third kappa shape index (κ3) is 4.11. The van der Waals surface area contributed by atoms with E-state index in [9.17, 15) is 0 Å². The van der Waals surface area contributed by atoms with Crippen molar-refractivity contribution < 1.29 is 0 Å². The minimum absolute atomic E-state index is 0.391. The second-order valence-electron chi connectivity index (χ2n) is 5.74. The van der Waals surface area contributed by atoms with Gasteiger partial charge in [-0.1, -0.05) is 37.3 Å². The maximum atomic E-state index is 4.44. The molecule has 1 saturated carbocycles. The fourth-order valence-corrected chi connectivity index (χ4v) is 3.68. The predicted octanol–water partition coefficient (Wildman–Crippen LogP) is 3.76. The molecule has 0 bridgehead atoms. The largest absolute Gasteiger partial charge is 0.314 e. The van der Waals surface area contributed by atoms with Crippen LogP contribution in [-0.4, -0.2) is 22.8 Å². The second kappa shape index (κ2) is 7.14. The Hall–Kier alpha value is -1.26. The van der Waals surface area contributed by atoms with Crippen molar-refractivity contribution in [3.63, 3.8) is 0 Å². The summed E-state index contributed by atoms with van der Waals surface area (Å²) < 4.78 is 0. The molecule has 4 heteroatoms. The average Bonchev–Trinajstić information content (AvgIpc) is 3.24. The molecule has 1 aliphatic rings. The molecule has 1 fully saturated rings. The fraction of sp³-hybridized carbons (Fsp3) is 0.529. The Balaban J connectivity index is 1.57. The first-order chi connectivity index (χ1) is 10.4. The van der Waals surface area contributed by atoms with Gasteiger partial charge in [0.15, 0.2) is 0 Å². The Morgan fingerprint density at radius 1 is 1.24 bits per heavy atom. The van der Waals surface area contributed by atoms with E-state index in [4.69, 9.17) is 0 Å². The highest BCUT2D eigenvalue weighted by atomic mass is 32.1. The van der Waals surface area contributed by atoms with Crippen LogP contribution in [0.4, 0.5) is 0 Å². The number of nitrogens with one attached hydrogen (secondary N) is 1. The number of hydrogen-bond acceptors (Lipinski definition) is 4. The van der Waals surface area contributed by atoms with Crippen LogP contribution in [0, 0.1) is 0 Å². The zero-order valence-corrected chi connectivity index (χ0v) is 13.4. The van der Waals surface area contributed by atoms with E-state index in [0.717, 1.165) is 36.9 Å². The minimum atomic E-state index is 0.391. The van der Waals surface area contributed by atoms with Crippen molar-refractivity contribution in [1.29, 1.82) is 0 Å². The molecule has 2 aromatic rings. The molecule has 3 rings (SSSR count). The van der Waals surface area contributed by atoms with Gasteiger partial charge >= 0.3 is 0 Å². The first kappa shape index (κ1) is 14.7. The topological polar surface area (TPSA) is 37.8 Å². The zero-order valence-electron chi connectivity index (χ0n) is 12.6. The molecule has 0 saturated heterocycles. The molecule has 21 heavy (non-hydrogen) atoms. The quantitative estimate of drug-likeness (QED) is 0.754. The molecule has 1 unspecified atom stereocenters. The van der Waals surface area contributed by atoms with E-state index < -0.39 is 0 Å². The summed E-state index contributed by atoms with van der Waals surface area (Å²) in [5, 5.41) is 14.7. The van der Waals surface area contributed by atoms with Crippen molar-refractivity contribution in [2.75, 3.05) is 6.54 Å². The Morgan fingerprint density at radius 2 is 2.05 bits per heavy atom. The number of aromatic nitrogens is 2. The lowest BCUT2D eigenvalue weighted by Crippen LogP contribution is -2.17. The van der Waals surface area contributed by atoms with E-state index in [1.807, 2.05) is 0 Å². The lowest BCUT2D eigenvalue weighted by molar-refractivity contribution is 0.642. The van der Waals surface area contributed by atoms with Crippen molar-refractivity contribution in [1.82, 2.24) is 15.5 Å². The maximum Gasteiger partial charge on any atom is 0.124 e. The van der Waals surface area contributed by atoms with Crippen LogP contribution in [0.15, 0.2) is 30.3 Å². The summed E-state index contributed by atoms with van der Waals surface area (Å²) >= 11 is 1.78. The van der Waals surface area contributed by atoms with Crippen LogP contribution in [0.5, 0.6) is 0 Å². The van der Waals surface area contributed by atoms with E-state index in [0.29, 0.717) is 5.92 Å². The van der Waals surface area contributed by atoms with Gasteiger partial charge in [0.2, 0.25) is 0 Å². The smallest absolute Gasteiger partial charge is 0.124 e. The highest BCUT2D eigenvalue weighted by Gasteiger charge is 2.20. The Morgan fingerprint density at radius 3 is 2.76 bits per heavy atom. The summed E-state index contributed by atoms with van der Waals surface area (Å²) in [4.78, 5) is 0. The van der Waals surface area contributed by atoms with Gasteiger partial charge < -0.3 is 5.32 Å². The number of benzene rings is 1. The van der Waals surface area contributed by atoms with Crippen molar-refractivity contribution >= 4 is 11.3 Å². The molecule has 3 nitrogen and oxygen atoms in total. The summed E-state index contributed by atoms with van der Waals surface area (Å²) in [6.45, 7) is 3.33. The third-order valence-corrected chi connectivity index (χ3v) is 5.07. The molecule has 1 atom stereocenters. The highest BCUT2D eigenvalue weighted by Crippen LogP contribution is 2.30. The summed E-state index contributed by atoms with van der Waals surface area (Å²) in [6.07, 6.45) is 5.99. The number of nitrogens with zero attached hydrogens (tertiary/aromatic N) is 2. The van der Waals surface area contributed by atoms with Crippen LogP contribution in [0.3, 0.4) is 0 Å². The van der Waals surface area contributed by atoms with Gasteiger partial charge in [0, 0.05) is 18.4 Å². The van der Waals surface area contributed by atoms with E-state index in [1.165, 1.54) is 23.4 Å². The van der Waals surface area contributed by atoms with Crippen molar-refractivity contribution in [2.45, 2.75) is 51.0 Å². The lowest BCUT2D eigenvalue weighted by Gasteiger charge is -2.11. The first-order valence-corrected chi connectivity index (χ1v) is 8.79. The van der Waals surface area contributed by atoms with Crippen LogP contribution >= 0.6 is 11.3 Å². The SMILES string of the molecule is CCC(c1ccccc1)c1nnc(CCCNC2CC2)s1. The molecular formula is C17H23N3S. The second-order valence-corrected chi connectivity index (χ2v) is 6.83. The van der Waals surface area contributed by atoms with Gasteiger partial charge in [-0.05, 0) is 37.8 Å². The molecule has 0 aliphatic heterocycles. The number of aryl methyl sites for hydroxylation is 1. The molecule has 0 radical (unpaired) electrons. The number of hydrogen-bond donors (Lipinski definition) is 1. The van der Waals surface area contributed by atoms with E-state index >= 15 is 0 Å². The van der Waals surface area contributed by atoms with Crippen molar-refractivity contribution in [3.8, 4) is 0 Å². The fourth-order valence-electron chi connectivity index (χ4n) is 2.58. The highest BCUT2D eigenvalue weighted by molar-refractivity contribution is 7.11. The van der Waals surface area contributed by atoms with Crippen LogP contribution in [0.1, 0.15) is 54.1 Å². The molecule has 1 N–H and O–H groups in total. The normalized spacial score (nSPS) is 16.0. The molecule has 112 valence electrons. The molecule has 1 heterocycles. The van der Waals surface area contributed by atoms with Crippen LogP contribution in [0.25, 0.3) is 0 Å². The van der Waals surface area contributed by atoms with Crippen LogP contribution in [0.2, 0.25) is 0 Å². The lowest BCUT2D eigenvalue weighted by atomic mass is 9.97. The van der Waals surface area contributed by atoms with Crippen LogP contribution < -0.4 is 5.32 Å². The third-order valence-electron chi connectivity index (χ3n) is 3.97. The first-order valence-electron chi connectivity index (χ1n) is 7.97. The van der Waals surface area contributed by atoms with Gasteiger partial charge in [0.05, 0.1) is 0 Å². The minimum Gasteiger partial charge on any atom is -0.314 e. The molecule has 0 spiro atoms. The van der Waals surface area contributed by atoms with E-state index in [2.05, 4.69) is 52.8 Å². The Labute approximate surface area is 130 Å². The molecule has 1 aromatic heterocycles. The number of rotatable bonds is 8. The Kier molecular flexibility index (Phi) is 4.99. The summed E-state index contributed by atoms with van der Waals surface area (Å²) in [7, 11) is 0. The van der Waals surface area contributed by atoms with E-state index in [1.54, 1.807) is 11.3 Å². The van der Waals surface area contributed by atoms with Gasteiger partial charge in [0.1, 0.15) is 10.0 Å². The van der Waals surface area contributed by atoms with Crippen molar-refractivity contribution in [3.05, 3.63) is 45.9 Å². The summed E-state index contributed by atoms with van der Waals surface area (Å²) in [5.74, 6) is 0.391. The van der Waals surface area contributed by atoms with Gasteiger partial charge in [0.25, 0.3) is 0 Å². The maximum absolute atomic E-state index is 4.44. The van der Waals surface area contributed by atoms with Gasteiger partial charge in [-0.2, -0.15) is 0 Å². The predicted molar refractivity (Wildman–Crippen MR) is 87.8 cm³/mol. The standard InChI is InChI=1S/C17H23N3S/c1-2-15(13-7-4-3-5-8-13)17-20-19-16(21-17)9-6-12-18-14-10-11-14/h3-5,7-8,14-15,18H,2,6,9-12H2,1H3. The van der Waals surface area contributed by atoms with Gasteiger partial charge in [-0.15, -0.1) is 21.5 Å².